The molecule has 2 N–H and O–H groups in total. The molecule has 2 atom stereocenters. The van der Waals surface area contributed by atoms with E-state index in [-0.39, 0.29) is 17.4 Å². The molecule has 3 heteroatoms. The summed E-state index contributed by atoms with van der Waals surface area (Å²) in [5, 5.41) is 0. The lowest BCUT2D eigenvalue weighted by molar-refractivity contribution is -0.134. The first-order chi connectivity index (χ1) is 7.36. The van der Waals surface area contributed by atoms with Gasteiger partial charge in [-0.2, -0.15) is 0 Å². The second kappa shape index (κ2) is 5.17. The van der Waals surface area contributed by atoms with Crippen LogP contribution in [-0.2, 0) is 4.79 Å². The number of nitrogens with two attached hydrogens (primary N) is 1. The highest BCUT2D eigenvalue weighted by Crippen LogP contribution is 2.25. The van der Waals surface area contributed by atoms with Crippen LogP contribution in [0, 0.1) is 11.3 Å². The van der Waals surface area contributed by atoms with Crippen molar-refractivity contribution in [3.63, 3.8) is 0 Å². The van der Waals surface area contributed by atoms with Gasteiger partial charge >= 0.3 is 0 Å². The Morgan fingerprint density at radius 1 is 1.50 bits per heavy atom. The van der Waals surface area contributed by atoms with Crippen LogP contribution in [0.4, 0.5) is 0 Å². The fraction of sp³-hybridized carbons (Fsp3) is 0.923. The molecule has 1 amide bonds. The summed E-state index contributed by atoms with van der Waals surface area (Å²) in [6, 6.07) is -0.368. The number of carbonyl (C=O) groups excluding carboxylic acids is 1. The average Bonchev–Trinajstić information content (AvgIpc) is 2.63. The van der Waals surface area contributed by atoms with Crippen molar-refractivity contribution in [1.29, 1.82) is 0 Å². The van der Waals surface area contributed by atoms with Crippen LogP contribution in [0.15, 0.2) is 0 Å². The van der Waals surface area contributed by atoms with Crippen LogP contribution >= 0.6 is 0 Å². The molecule has 0 aromatic rings. The number of amides is 1. The van der Waals surface area contributed by atoms with E-state index in [0.29, 0.717) is 5.92 Å². The SMILES string of the molecule is CCCC1CCN(C(=O)[C@H](N)C(C)(C)C)C1. The first kappa shape index (κ1) is 13.5. The lowest BCUT2D eigenvalue weighted by Gasteiger charge is -2.30. The zero-order chi connectivity index (χ0) is 12.3. The molecular formula is C13H26N2O. The molecule has 0 aromatic carbocycles. The molecule has 1 rings (SSSR count). The maximum Gasteiger partial charge on any atom is 0.240 e. The van der Waals surface area contributed by atoms with E-state index in [4.69, 9.17) is 5.73 Å². The third-order valence-electron chi connectivity index (χ3n) is 3.49. The molecule has 3 nitrogen and oxygen atoms in total. The Morgan fingerprint density at radius 2 is 2.12 bits per heavy atom. The fourth-order valence-corrected chi connectivity index (χ4v) is 2.24. The van der Waals surface area contributed by atoms with Gasteiger partial charge in [0.25, 0.3) is 0 Å². The van der Waals surface area contributed by atoms with E-state index in [9.17, 15) is 4.79 Å². The highest BCUT2D eigenvalue weighted by Gasteiger charge is 2.34. The minimum atomic E-state index is -0.368. The Hall–Kier alpha value is -0.570. The van der Waals surface area contributed by atoms with Crippen LogP contribution in [0.2, 0.25) is 0 Å². The maximum absolute atomic E-state index is 12.1. The lowest BCUT2D eigenvalue weighted by atomic mass is 9.86. The standard InChI is InChI=1S/C13H26N2O/c1-5-6-10-7-8-15(9-10)12(16)11(14)13(2,3)4/h10-11H,5-9,14H2,1-4H3/t10?,11-/m0/s1. The topological polar surface area (TPSA) is 46.3 Å². The van der Waals surface area contributed by atoms with Gasteiger partial charge in [-0.25, -0.2) is 0 Å². The van der Waals surface area contributed by atoms with Gasteiger partial charge in [0.1, 0.15) is 0 Å². The molecule has 0 aromatic heterocycles. The largest absolute Gasteiger partial charge is 0.341 e. The van der Waals surface area contributed by atoms with E-state index >= 15 is 0 Å². The van der Waals surface area contributed by atoms with Crippen molar-refractivity contribution in [1.82, 2.24) is 4.90 Å². The second-order valence-electron chi connectivity index (χ2n) is 6.07. The Bertz CT molecular complexity index is 245. The summed E-state index contributed by atoms with van der Waals surface area (Å²) in [6.07, 6.45) is 3.59. The molecular weight excluding hydrogens is 200 g/mol. The number of rotatable bonds is 3. The van der Waals surface area contributed by atoms with E-state index in [2.05, 4.69) is 6.92 Å². The van der Waals surface area contributed by atoms with Gasteiger partial charge in [0.15, 0.2) is 0 Å². The quantitative estimate of drug-likeness (QED) is 0.800. The van der Waals surface area contributed by atoms with Gasteiger partial charge in [0.05, 0.1) is 6.04 Å². The van der Waals surface area contributed by atoms with E-state index in [1.54, 1.807) is 0 Å². The Morgan fingerprint density at radius 3 is 2.62 bits per heavy atom. The third-order valence-corrected chi connectivity index (χ3v) is 3.49. The number of likely N-dealkylation sites (tertiary alicyclic amines) is 1. The molecule has 1 aliphatic rings. The fourth-order valence-electron chi connectivity index (χ4n) is 2.24. The van der Waals surface area contributed by atoms with E-state index in [1.807, 2.05) is 25.7 Å². The third kappa shape index (κ3) is 3.21. The molecule has 16 heavy (non-hydrogen) atoms. The van der Waals surface area contributed by atoms with Crippen molar-refractivity contribution in [2.45, 2.75) is 53.0 Å². The predicted octanol–water partition coefficient (Wildman–Crippen LogP) is 2.01. The van der Waals surface area contributed by atoms with Crippen molar-refractivity contribution < 1.29 is 4.79 Å². The molecule has 0 saturated carbocycles. The van der Waals surface area contributed by atoms with Crippen LogP contribution in [-0.4, -0.2) is 29.9 Å². The van der Waals surface area contributed by atoms with Crippen LogP contribution in [0.5, 0.6) is 0 Å². The number of nitrogens with zero attached hydrogens (tertiary/aromatic N) is 1. The van der Waals surface area contributed by atoms with Gasteiger partial charge in [-0.3, -0.25) is 4.79 Å². The maximum atomic E-state index is 12.1. The predicted molar refractivity (Wildman–Crippen MR) is 67.0 cm³/mol. The van der Waals surface area contributed by atoms with Gasteiger partial charge in [0, 0.05) is 13.1 Å². The first-order valence-corrected chi connectivity index (χ1v) is 6.40. The Balaban J connectivity index is 2.51. The average molecular weight is 226 g/mol. The summed E-state index contributed by atoms with van der Waals surface area (Å²) < 4.78 is 0. The molecule has 1 heterocycles. The summed E-state index contributed by atoms with van der Waals surface area (Å²) in [7, 11) is 0. The van der Waals surface area contributed by atoms with Crippen LogP contribution in [0.3, 0.4) is 0 Å². The Kier molecular flexibility index (Phi) is 4.36. The monoisotopic (exact) mass is 226 g/mol. The van der Waals surface area contributed by atoms with E-state index in [1.165, 1.54) is 12.8 Å². The minimum Gasteiger partial charge on any atom is -0.341 e. The van der Waals surface area contributed by atoms with Crippen molar-refractivity contribution in [2.75, 3.05) is 13.1 Å². The van der Waals surface area contributed by atoms with Crippen molar-refractivity contribution in [2.24, 2.45) is 17.1 Å². The number of carbonyl (C=O) groups is 1. The van der Waals surface area contributed by atoms with E-state index < -0.39 is 0 Å². The lowest BCUT2D eigenvalue weighted by Crippen LogP contribution is -2.49. The molecule has 0 radical (unpaired) electrons. The minimum absolute atomic E-state index is 0.131. The zero-order valence-corrected chi connectivity index (χ0v) is 11.1. The summed E-state index contributed by atoms with van der Waals surface area (Å²) in [5.74, 6) is 0.826. The second-order valence-corrected chi connectivity index (χ2v) is 6.07. The summed E-state index contributed by atoms with van der Waals surface area (Å²) in [5.41, 5.74) is 5.86. The van der Waals surface area contributed by atoms with Crippen LogP contribution < -0.4 is 5.73 Å². The van der Waals surface area contributed by atoms with Crippen molar-refractivity contribution >= 4 is 5.91 Å². The van der Waals surface area contributed by atoms with Crippen molar-refractivity contribution in [3.05, 3.63) is 0 Å². The highest BCUT2D eigenvalue weighted by molar-refractivity contribution is 5.82. The summed E-state index contributed by atoms with van der Waals surface area (Å²) >= 11 is 0. The molecule has 94 valence electrons. The van der Waals surface area contributed by atoms with Gasteiger partial charge in [-0.15, -0.1) is 0 Å². The highest BCUT2D eigenvalue weighted by atomic mass is 16.2. The van der Waals surface area contributed by atoms with Gasteiger partial charge in [0.2, 0.25) is 5.91 Å². The molecule has 1 aliphatic heterocycles. The molecule has 0 aliphatic carbocycles. The van der Waals surface area contributed by atoms with E-state index in [0.717, 1.165) is 19.5 Å². The summed E-state index contributed by atoms with van der Waals surface area (Å²) in [6.45, 7) is 10.1. The number of hydrogen-bond acceptors (Lipinski definition) is 2. The normalized spacial score (nSPS) is 23.6. The van der Waals surface area contributed by atoms with Gasteiger partial charge in [-0.1, -0.05) is 34.1 Å². The van der Waals surface area contributed by atoms with Crippen molar-refractivity contribution in [3.8, 4) is 0 Å². The molecule has 0 bridgehead atoms. The Labute approximate surface area is 99.4 Å². The summed E-state index contributed by atoms with van der Waals surface area (Å²) in [4.78, 5) is 14.1. The van der Waals surface area contributed by atoms with Gasteiger partial charge in [-0.05, 0) is 24.2 Å². The zero-order valence-electron chi connectivity index (χ0n) is 11.1. The van der Waals surface area contributed by atoms with Crippen LogP contribution in [0.1, 0.15) is 47.0 Å². The molecule has 1 fully saturated rings. The van der Waals surface area contributed by atoms with Crippen LogP contribution in [0.25, 0.3) is 0 Å². The molecule has 1 unspecified atom stereocenters. The van der Waals surface area contributed by atoms with Gasteiger partial charge < -0.3 is 10.6 Å². The number of hydrogen-bond donors (Lipinski definition) is 1. The first-order valence-electron chi connectivity index (χ1n) is 6.40. The molecule has 0 spiro atoms. The molecule has 1 saturated heterocycles. The smallest absolute Gasteiger partial charge is 0.240 e.